The lowest BCUT2D eigenvalue weighted by atomic mass is 10.1. The third-order valence-corrected chi connectivity index (χ3v) is 2.83. The molecule has 1 heterocycles. The van der Waals surface area contributed by atoms with E-state index in [0.29, 0.717) is 6.04 Å². The minimum Gasteiger partial charge on any atom is -0.378 e. The second-order valence-corrected chi connectivity index (χ2v) is 3.66. The van der Waals surface area contributed by atoms with Crippen molar-refractivity contribution in [1.82, 2.24) is 4.90 Å². The number of hydrogen-bond donors (Lipinski definition) is 0. The number of rotatable bonds is 3. The van der Waals surface area contributed by atoms with E-state index in [9.17, 15) is 4.79 Å². The molecule has 0 bridgehead atoms. The molecule has 3 heteroatoms. The second kappa shape index (κ2) is 4.72. The van der Waals surface area contributed by atoms with E-state index in [1.165, 1.54) is 0 Å². The first-order valence-electron chi connectivity index (χ1n) is 5.00. The van der Waals surface area contributed by atoms with Crippen LogP contribution in [0.2, 0.25) is 0 Å². The largest absolute Gasteiger partial charge is 0.378 e. The van der Waals surface area contributed by atoms with Crippen molar-refractivity contribution in [2.75, 3.05) is 19.8 Å². The first-order chi connectivity index (χ1) is 6.16. The summed E-state index contributed by atoms with van der Waals surface area (Å²) >= 11 is 0. The van der Waals surface area contributed by atoms with E-state index in [4.69, 9.17) is 4.74 Å². The van der Waals surface area contributed by atoms with Crippen LogP contribution < -0.4 is 0 Å². The number of ketones is 1. The summed E-state index contributed by atoms with van der Waals surface area (Å²) in [6.07, 6.45) is 1.05. The molecule has 2 atom stereocenters. The van der Waals surface area contributed by atoms with E-state index in [1.807, 2.05) is 6.92 Å². The van der Waals surface area contributed by atoms with Crippen LogP contribution in [0.25, 0.3) is 0 Å². The zero-order valence-electron chi connectivity index (χ0n) is 8.75. The third-order valence-electron chi connectivity index (χ3n) is 2.83. The van der Waals surface area contributed by atoms with Crippen molar-refractivity contribution >= 4 is 5.78 Å². The predicted molar refractivity (Wildman–Crippen MR) is 51.7 cm³/mol. The number of hydrogen-bond acceptors (Lipinski definition) is 3. The van der Waals surface area contributed by atoms with Crippen LogP contribution in [0.3, 0.4) is 0 Å². The molecule has 3 nitrogen and oxygen atoms in total. The molecule has 0 N–H and O–H groups in total. The summed E-state index contributed by atoms with van der Waals surface area (Å²) in [6, 6.07) is 0.474. The van der Waals surface area contributed by atoms with Crippen LogP contribution in [0.1, 0.15) is 27.2 Å². The van der Waals surface area contributed by atoms with Crippen LogP contribution in [0.4, 0.5) is 0 Å². The molecule has 0 aliphatic carbocycles. The Morgan fingerprint density at radius 1 is 1.69 bits per heavy atom. The zero-order chi connectivity index (χ0) is 9.84. The van der Waals surface area contributed by atoms with Crippen molar-refractivity contribution in [3.8, 4) is 0 Å². The lowest BCUT2D eigenvalue weighted by molar-refractivity contribution is -0.125. The SMILES string of the molecule is CCC1COCCN1C(C)C(C)=O. The molecule has 76 valence electrons. The van der Waals surface area contributed by atoms with Gasteiger partial charge in [-0.15, -0.1) is 0 Å². The van der Waals surface area contributed by atoms with E-state index in [1.54, 1.807) is 6.92 Å². The average molecular weight is 185 g/mol. The maximum absolute atomic E-state index is 11.2. The van der Waals surface area contributed by atoms with Gasteiger partial charge in [0.15, 0.2) is 0 Å². The van der Waals surface area contributed by atoms with Gasteiger partial charge in [0.05, 0.1) is 19.3 Å². The molecule has 13 heavy (non-hydrogen) atoms. The van der Waals surface area contributed by atoms with Gasteiger partial charge in [-0.05, 0) is 20.3 Å². The first kappa shape index (κ1) is 10.7. The zero-order valence-corrected chi connectivity index (χ0v) is 8.75. The fraction of sp³-hybridized carbons (Fsp3) is 0.900. The number of ether oxygens (including phenoxy) is 1. The molecule has 0 aromatic heterocycles. The summed E-state index contributed by atoms with van der Waals surface area (Å²) in [5, 5.41) is 0. The molecule has 1 aliphatic rings. The monoisotopic (exact) mass is 185 g/mol. The minimum absolute atomic E-state index is 0.0499. The van der Waals surface area contributed by atoms with E-state index in [-0.39, 0.29) is 11.8 Å². The van der Waals surface area contributed by atoms with Gasteiger partial charge >= 0.3 is 0 Å². The van der Waals surface area contributed by atoms with Crippen LogP contribution in [0.5, 0.6) is 0 Å². The quantitative estimate of drug-likeness (QED) is 0.659. The van der Waals surface area contributed by atoms with Crippen molar-refractivity contribution in [2.24, 2.45) is 0 Å². The lowest BCUT2D eigenvalue weighted by Crippen LogP contribution is -2.51. The maximum atomic E-state index is 11.2. The Labute approximate surface area is 80.1 Å². The predicted octanol–water partition coefficient (Wildman–Crippen LogP) is 1.07. The standard InChI is InChI=1S/C10H19NO2/c1-4-10-7-13-6-5-11(10)8(2)9(3)12/h8,10H,4-7H2,1-3H3. The van der Waals surface area contributed by atoms with Crippen LogP contribution in [-0.4, -0.2) is 42.5 Å². The molecule has 0 saturated carbocycles. The van der Waals surface area contributed by atoms with Gasteiger partial charge in [-0.2, -0.15) is 0 Å². The van der Waals surface area contributed by atoms with Gasteiger partial charge in [-0.1, -0.05) is 6.92 Å². The molecule has 0 amide bonds. The Bertz CT molecular complexity index is 182. The molecular formula is C10H19NO2. The van der Waals surface area contributed by atoms with Crippen LogP contribution >= 0.6 is 0 Å². The summed E-state index contributed by atoms with van der Waals surface area (Å²) in [7, 11) is 0. The van der Waals surface area contributed by atoms with E-state index in [2.05, 4.69) is 11.8 Å². The van der Waals surface area contributed by atoms with Gasteiger partial charge in [0.2, 0.25) is 0 Å². The Morgan fingerprint density at radius 3 is 2.92 bits per heavy atom. The van der Waals surface area contributed by atoms with Gasteiger partial charge in [-0.25, -0.2) is 0 Å². The fourth-order valence-corrected chi connectivity index (χ4v) is 1.76. The summed E-state index contributed by atoms with van der Waals surface area (Å²) in [6.45, 7) is 8.20. The fourth-order valence-electron chi connectivity index (χ4n) is 1.76. The highest BCUT2D eigenvalue weighted by Crippen LogP contribution is 2.14. The van der Waals surface area contributed by atoms with Crippen molar-refractivity contribution in [3.05, 3.63) is 0 Å². The minimum atomic E-state index is 0.0499. The summed E-state index contributed by atoms with van der Waals surface area (Å²) in [5.41, 5.74) is 0. The molecule has 0 spiro atoms. The average Bonchev–Trinajstić information content (AvgIpc) is 2.16. The van der Waals surface area contributed by atoms with E-state index < -0.39 is 0 Å². The number of Topliss-reactive ketones (excluding diaryl/α,β-unsaturated/α-hetero) is 1. The Hall–Kier alpha value is -0.410. The van der Waals surface area contributed by atoms with E-state index in [0.717, 1.165) is 26.2 Å². The maximum Gasteiger partial charge on any atom is 0.146 e. The number of carbonyl (C=O) groups is 1. The smallest absolute Gasteiger partial charge is 0.146 e. The summed E-state index contributed by atoms with van der Waals surface area (Å²) in [5.74, 6) is 0.250. The molecule has 1 aliphatic heterocycles. The lowest BCUT2D eigenvalue weighted by Gasteiger charge is -2.38. The van der Waals surface area contributed by atoms with Crippen LogP contribution in [0.15, 0.2) is 0 Å². The molecule has 1 fully saturated rings. The number of carbonyl (C=O) groups excluding carboxylic acids is 1. The molecule has 1 saturated heterocycles. The van der Waals surface area contributed by atoms with Gasteiger partial charge in [0.25, 0.3) is 0 Å². The van der Waals surface area contributed by atoms with Gasteiger partial charge < -0.3 is 4.74 Å². The normalized spacial score (nSPS) is 27.2. The summed E-state index contributed by atoms with van der Waals surface area (Å²) < 4.78 is 5.38. The van der Waals surface area contributed by atoms with Crippen molar-refractivity contribution < 1.29 is 9.53 Å². The Morgan fingerprint density at radius 2 is 2.38 bits per heavy atom. The van der Waals surface area contributed by atoms with Crippen LogP contribution in [0, 0.1) is 0 Å². The van der Waals surface area contributed by atoms with E-state index >= 15 is 0 Å². The number of nitrogens with zero attached hydrogens (tertiary/aromatic N) is 1. The highest BCUT2D eigenvalue weighted by Gasteiger charge is 2.27. The molecular weight excluding hydrogens is 166 g/mol. The third kappa shape index (κ3) is 2.51. The van der Waals surface area contributed by atoms with Gasteiger partial charge in [-0.3, -0.25) is 9.69 Å². The topological polar surface area (TPSA) is 29.5 Å². The molecule has 1 rings (SSSR count). The summed E-state index contributed by atoms with van der Waals surface area (Å²) in [4.78, 5) is 13.5. The van der Waals surface area contributed by atoms with Crippen molar-refractivity contribution in [1.29, 1.82) is 0 Å². The first-order valence-corrected chi connectivity index (χ1v) is 5.00. The van der Waals surface area contributed by atoms with Crippen molar-refractivity contribution in [2.45, 2.75) is 39.3 Å². The van der Waals surface area contributed by atoms with Gasteiger partial charge in [0.1, 0.15) is 5.78 Å². The van der Waals surface area contributed by atoms with Gasteiger partial charge in [0, 0.05) is 12.6 Å². The second-order valence-electron chi connectivity index (χ2n) is 3.66. The Kier molecular flexibility index (Phi) is 3.88. The Balaban J connectivity index is 2.58. The molecule has 0 aromatic carbocycles. The van der Waals surface area contributed by atoms with Crippen molar-refractivity contribution in [3.63, 3.8) is 0 Å². The highest BCUT2D eigenvalue weighted by molar-refractivity contribution is 5.81. The van der Waals surface area contributed by atoms with Crippen LogP contribution in [-0.2, 0) is 9.53 Å². The molecule has 0 radical (unpaired) electrons. The molecule has 0 aromatic rings. The highest BCUT2D eigenvalue weighted by atomic mass is 16.5. The molecule has 2 unspecified atom stereocenters. The number of morpholine rings is 1.